The Balaban J connectivity index is 2.32. The second-order valence-electron chi connectivity index (χ2n) is 4.56. The lowest BCUT2D eigenvalue weighted by Gasteiger charge is -2.09. The molecule has 96 valence electrons. The second kappa shape index (κ2) is 8.13. The van der Waals surface area contributed by atoms with Gasteiger partial charge in [0.1, 0.15) is 5.75 Å². The fourth-order valence-corrected chi connectivity index (χ4v) is 2.06. The maximum atomic E-state index is 8.68. The molecule has 0 bridgehead atoms. The Kier molecular flexibility index (Phi) is 6.71. The van der Waals surface area contributed by atoms with Gasteiger partial charge in [-0.2, -0.15) is 0 Å². The highest BCUT2D eigenvalue weighted by molar-refractivity contribution is 5.36. The van der Waals surface area contributed by atoms with Crippen molar-refractivity contribution in [2.45, 2.75) is 45.4 Å². The third-order valence-corrected chi connectivity index (χ3v) is 3.04. The van der Waals surface area contributed by atoms with Gasteiger partial charge in [-0.3, -0.25) is 0 Å². The van der Waals surface area contributed by atoms with Gasteiger partial charge < -0.3 is 9.84 Å². The molecule has 0 aliphatic heterocycles. The lowest BCUT2D eigenvalue weighted by atomic mass is 10.0. The Morgan fingerprint density at radius 2 is 1.76 bits per heavy atom. The molecule has 0 heterocycles. The summed E-state index contributed by atoms with van der Waals surface area (Å²) >= 11 is 0. The van der Waals surface area contributed by atoms with Crippen molar-refractivity contribution < 1.29 is 9.84 Å². The SMILES string of the molecule is COc1ccc(C)cc1CCCCCCCO. The highest BCUT2D eigenvalue weighted by Gasteiger charge is 2.02. The summed E-state index contributed by atoms with van der Waals surface area (Å²) in [5.74, 6) is 1.01. The minimum atomic E-state index is 0.325. The Bertz CT molecular complexity index is 321. The molecule has 0 amide bonds. The molecule has 0 saturated heterocycles. The molecular weight excluding hydrogens is 212 g/mol. The maximum Gasteiger partial charge on any atom is 0.122 e. The van der Waals surface area contributed by atoms with Crippen molar-refractivity contribution in [2.75, 3.05) is 13.7 Å². The van der Waals surface area contributed by atoms with Crippen LogP contribution in [0.1, 0.15) is 43.2 Å². The van der Waals surface area contributed by atoms with Crippen LogP contribution in [0.15, 0.2) is 18.2 Å². The van der Waals surface area contributed by atoms with Crippen molar-refractivity contribution in [1.82, 2.24) is 0 Å². The summed E-state index contributed by atoms with van der Waals surface area (Å²) in [6.45, 7) is 2.44. The summed E-state index contributed by atoms with van der Waals surface area (Å²) in [5, 5.41) is 8.68. The molecule has 0 aromatic heterocycles. The van der Waals surface area contributed by atoms with Crippen molar-refractivity contribution in [1.29, 1.82) is 0 Å². The van der Waals surface area contributed by atoms with Gasteiger partial charge in [0.15, 0.2) is 0 Å². The van der Waals surface area contributed by atoms with E-state index in [9.17, 15) is 0 Å². The first kappa shape index (κ1) is 14.0. The zero-order valence-electron chi connectivity index (χ0n) is 11.0. The molecule has 0 fully saturated rings. The van der Waals surface area contributed by atoms with Gasteiger partial charge in [0.05, 0.1) is 7.11 Å². The van der Waals surface area contributed by atoms with Crippen molar-refractivity contribution in [3.63, 3.8) is 0 Å². The van der Waals surface area contributed by atoms with E-state index in [2.05, 4.69) is 25.1 Å². The topological polar surface area (TPSA) is 29.5 Å². The zero-order chi connectivity index (χ0) is 12.5. The van der Waals surface area contributed by atoms with Gasteiger partial charge in [0.25, 0.3) is 0 Å². The van der Waals surface area contributed by atoms with Crippen LogP contribution in [0.25, 0.3) is 0 Å². The zero-order valence-corrected chi connectivity index (χ0v) is 11.0. The van der Waals surface area contributed by atoms with Crippen LogP contribution < -0.4 is 4.74 Å². The van der Waals surface area contributed by atoms with Crippen LogP contribution in [0.5, 0.6) is 5.75 Å². The Morgan fingerprint density at radius 3 is 2.47 bits per heavy atom. The van der Waals surface area contributed by atoms with Gasteiger partial charge in [0, 0.05) is 6.61 Å². The monoisotopic (exact) mass is 236 g/mol. The van der Waals surface area contributed by atoms with E-state index in [4.69, 9.17) is 9.84 Å². The summed E-state index contributed by atoms with van der Waals surface area (Å²) in [6.07, 6.45) is 6.82. The molecule has 0 aliphatic rings. The normalized spacial score (nSPS) is 10.5. The van der Waals surface area contributed by atoms with Crippen LogP contribution in [-0.2, 0) is 6.42 Å². The predicted octanol–water partition coefficient (Wildman–Crippen LogP) is 3.49. The first-order chi connectivity index (χ1) is 8.27. The Hall–Kier alpha value is -1.02. The molecule has 0 aliphatic carbocycles. The van der Waals surface area contributed by atoms with Crippen LogP contribution in [0.3, 0.4) is 0 Å². The molecule has 2 nitrogen and oxygen atoms in total. The van der Waals surface area contributed by atoms with E-state index in [0.29, 0.717) is 6.61 Å². The van der Waals surface area contributed by atoms with Gasteiger partial charge in [-0.25, -0.2) is 0 Å². The smallest absolute Gasteiger partial charge is 0.122 e. The van der Waals surface area contributed by atoms with Crippen LogP contribution >= 0.6 is 0 Å². The van der Waals surface area contributed by atoms with E-state index in [0.717, 1.165) is 25.0 Å². The molecule has 0 saturated carbocycles. The number of unbranched alkanes of at least 4 members (excludes halogenated alkanes) is 4. The lowest BCUT2D eigenvalue weighted by molar-refractivity contribution is 0.282. The first-order valence-electron chi connectivity index (χ1n) is 6.52. The summed E-state index contributed by atoms with van der Waals surface area (Å²) < 4.78 is 5.36. The van der Waals surface area contributed by atoms with E-state index < -0.39 is 0 Å². The number of hydrogen-bond acceptors (Lipinski definition) is 2. The summed E-state index contributed by atoms with van der Waals surface area (Å²) in [5.41, 5.74) is 2.61. The fraction of sp³-hybridized carbons (Fsp3) is 0.600. The largest absolute Gasteiger partial charge is 0.496 e. The van der Waals surface area contributed by atoms with Gasteiger partial charge in [0.2, 0.25) is 0 Å². The maximum absolute atomic E-state index is 8.68. The third-order valence-electron chi connectivity index (χ3n) is 3.04. The van der Waals surface area contributed by atoms with Crippen LogP contribution in [0.4, 0.5) is 0 Å². The second-order valence-corrected chi connectivity index (χ2v) is 4.56. The van der Waals surface area contributed by atoms with Crippen LogP contribution in [0, 0.1) is 6.92 Å². The predicted molar refractivity (Wildman–Crippen MR) is 71.6 cm³/mol. The van der Waals surface area contributed by atoms with E-state index in [-0.39, 0.29) is 0 Å². The number of rotatable bonds is 8. The number of methoxy groups -OCH3 is 1. The molecule has 0 spiro atoms. The Labute approximate surface area is 105 Å². The van der Waals surface area contributed by atoms with Gasteiger partial charge in [-0.05, 0) is 37.8 Å². The van der Waals surface area contributed by atoms with Crippen LogP contribution in [0.2, 0.25) is 0 Å². The highest BCUT2D eigenvalue weighted by atomic mass is 16.5. The highest BCUT2D eigenvalue weighted by Crippen LogP contribution is 2.22. The van der Waals surface area contributed by atoms with Crippen molar-refractivity contribution in [3.05, 3.63) is 29.3 Å². The number of ether oxygens (including phenoxy) is 1. The average Bonchev–Trinajstić information content (AvgIpc) is 2.34. The van der Waals surface area contributed by atoms with Crippen LogP contribution in [-0.4, -0.2) is 18.8 Å². The average molecular weight is 236 g/mol. The van der Waals surface area contributed by atoms with Gasteiger partial charge in [-0.1, -0.05) is 37.0 Å². The van der Waals surface area contributed by atoms with E-state index >= 15 is 0 Å². The molecule has 1 rings (SSSR count). The molecule has 0 atom stereocenters. The fourth-order valence-electron chi connectivity index (χ4n) is 2.06. The number of hydrogen-bond donors (Lipinski definition) is 1. The number of aliphatic hydroxyl groups is 1. The quantitative estimate of drug-likeness (QED) is 0.700. The van der Waals surface area contributed by atoms with Crippen molar-refractivity contribution in [3.8, 4) is 5.75 Å². The molecule has 1 aromatic carbocycles. The lowest BCUT2D eigenvalue weighted by Crippen LogP contribution is -1.93. The molecule has 2 heteroatoms. The van der Waals surface area contributed by atoms with Crippen molar-refractivity contribution >= 4 is 0 Å². The van der Waals surface area contributed by atoms with Crippen molar-refractivity contribution in [2.24, 2.45) is 0 Å². The van der Waals surface area contributed by atoms with E-state index in [1.807, 2.05) is 0 Å². The summed E-state index contributed by atoms with van der Waals surface area (Å²) in [6, 6.07) is 6.35. The molecule has 1 N–H and O–H groups in total. The minimum Gasteiger partial charge on any atom is -0.496 e. The van der Waals surface area contributed by atoms with Gasteiger partial charge >= 0.3 is 0 Å². The Morgan fingerprint density at radius 1 is 1.06 bits per heavy atom. The first-order valence-corrected chi connectivity index (χ1v) is 6.52. The molecule has 1 aromatic rings. The van der Waals surface area contributed by atoms with Gasteiger partial charge in [-0.15, -0.1) is 0 Å². The number of aliphatic hydroxyl groups excluding tert-OH is 1. The summed E-state index contributed by atoms with van der Waals surface area (Å²) in [4.78, 5) is 0. The third kappa shape index (κ3) is 5.22. The standard InChI is InChI=1S/C15H24O2/c1-13-9-10-15(17-2)14(12-13)8-6-4-3-5-7-11-16/h9-10,12,16H,3-8,11H2,1-2H3. The van der Waals surface area contributed by atoms with E-state index in [1.54, 1.807) is 7.11 Å². The molecule has 0 unspecified atom stereocenters. The minimum absolute atomic E-state index is 0.325. The van der Waals surface area contributed by atoms with E-state index in [1.165, 1.54) is 30.4 Å². The molecular formula is C15H24O2. The number of benzene rings is 1. The number of aryl methyl sites for hydroxylation is 2. The molecule has 0 radical (unpaired) electrons. The summed E-state index contributed by atoms with van der Waals surface area (Å²) in [7, 11) is 1.73. The molecule has 17 heavy (non-hydrogen) atoms.